The summed E-state index contributed by atoms with van der Waals surface area (Å²) in [7, 11) is 1.82. The number of rotatable bonds is 8. The fourth-order valence-corrected chi connectivity index (χ4v) is 4.77. The van der Waals surface area contributed by atoms with Gasteiger partial charge in [-0.05, 0) is 17.9 Å². The van der Waals surface area contributed by atoms with E-state index in [4.69, 9.17) is 4.74 Å². The van der Waals surface area contributed by atoms with Crippen molar-refractivity contribution < 1.29 is 4.74 Å². The fraction of sp³-hybridized carbons (Fsp3) is 0.579. The van der Waals surface area contributed by atoms with E-state index < -0.39 is 0 Å². The standard InChI is InChI=1S/C19H29N5OS2.HI/c1-3-18-23-15(14-27-18)6-7-21-19(20-2)22-13-16(17-5-4-12-26-17)24-8-10-25-11-9-24;/h4-5,12,14,16H,3,6-11,13H2,1-2H3,(H2,20,21,22);1H. The van der Waals surface area contributed by atoms with Crippen molar-refractivity contribution in [3.05, 3.63) is 38.5 Å². The minimum absolute atomic E-state index is 0. The Morgan fingerprint density at radius 3 is 2.79 bits per heavy atom. The summed E-state index contributed by atoms with van der Waals surface area (Å²) in [6.07, 6.45) is 1.92. The normalized spacial score (nSPS) is 16.4. The third-order valence-corrected chi connectivity index (χ3v) is 6.64. The zero-order chi connectivity index (χ0) is 18.9. The van der Waals surface area contributed by atoms with Crippen LogP contribution in [0.3, 0.4) is 0 Å². The summed E-state index contributed by atoms with van der Waals surface area (Å²) in [4.78, 5) is 12.9. The number of halogens is 1. The first-order valence-corrected chi connectivity index (χ1v) is 11.3. The summed E-state index contributed by atoms with van der Waals surface area (Å²) in [5, 5.41) is 12.4. The number of nitrogens with zero attached hydrogens (tertiary/aromatic N) is 3. The lowest BCUT2D eigenvalue weighted by Crippen LogP contribution is -2.46. The zero-order valence-electron chi connectivity index (χ0n) is 16.5. The SMILES string of the molecule is CCc1nc(CCNC(=NC)NCC(c2cccs2)N2CCOCC2)cs1.I. The number of morpholine rings is 1. The number of ether oxygens (including phenoxy) is 1. The molecule has 0 aromatic carbocycles. The van der Waals surface area contributed by atoms with E-state index >= 15 is 0 Å². The molecule has 1 fully saturated rings. The predicted octanol–water partition coefficient (Wildman–Crippen LogP) is 3.17. The molecule has 0 radical (unpaired) electrons. The summed E-state index contributed by atoms with van der Waals surface area (Å²) in [6.45, 7) is 7.36. The molecule has 0 bridgehead atoms. The van der Waals surface area contributed by atoms with Crippen molar-refractivity contribution in [1.82, 2.24) is 20.5 Å². The molecule has 1 atom stereocenters. The van der Waals surface area contributed by atoms with Gasteiger partial charge in [-0.15, -0.1) is 46.7 Å². The van der Waals surface area contributed by atoms with Crippen molar-refractivity contribution in [2.75, 3.05) is 46.4 Å². The highest BCUT2D eigenvalue weighted by Gasteiger charge is 2.23. The molecule has 9 heteroatoms. The summed E-state index contributed by atoms with van der Waals surface area (Å²) >= 11 is 3.56. The van der Waals surface area contributed by atoms with Gasteiger partial charge in [-0.25, -0.2) is 4.98 Å². The highest BCUT2D eigenvalue weighted by molar-refractivity contribution is 14.0. The first-order chi connectivity index (χ1) is 13.3. The van der Waals surface area contributed by atoms with Gasteiger partial charge >= 0.3 is 0 Å². The van der Waals surface area contributed by atoms with Gasteiger partial charge in [-0.1, -0.05) is 13.0 Å². The third-order valence-electron chi connectivity index (χ3n) is 4.62. The number of thiophene rings is 1. The Morgan fingerprint density at radius 1 is 1.32 bits per heavy atom. The maximum Gasteiger partial charge on any atom is 0.191 e. The lowest BCUT2D eigenvalue weighted by Gasteiger charge is -2.34. The molecule has 6 nitrogen and oxygen atoms in total. The number of nitrogens with one attached hydrogen (secondary N) is 2. The molecule has 156 valence electrons. The Hall–Kier alpha value is -0.750. The Morgan fingerprint density at radius 2 is 2.14 bits per heavy atom. The number of aromatic nitrogens is 1. The second kappa shape index (κ2) is 12.7. The minimum Gasteiger partial charge on any atom is -0.379 e. The monoisotopic (exact) mass is 535 g/mol. The number of aryl methyl sites for hydroxylation is 1. The highest BCUT2D eigenvalue weighted by atomic mass is 127. The maximum absolute atomic E-state index is 5.52. The quantitative estimate of drug-likeness (QED) is 0.309. The Kier molecular flexibility index (Phi) is 10.7. The summed E-state index contributed by atoms with van der Waals surface area (Å²) < 4.78 is 5.52. The number of aliphatic imine (C=N–C) groups is 1. The number of hydrogen-bond donors (Lipinski definition) is 2. The van der Waals surface area contributed by atoms with Crippen LogP contribution in [0.25, 0.3) is 0 Å². The van der Waals surface area contributed by atoms with Gasteiger partial charge in [0, 0.05) is 49.9 Å². The second-order valence-corrected chi connectivity index (χ2v) is 8.32. The fourth-order valence-electron chi connectivity index (χ4n) is 3.13. The van der Waals surface area contributed by atoms with E-state index in [2.05, 4.69) is 55.3 Å². The molecule has 28 heavy (non-hydrogen) atoms. The first kappa shape index (κ1) is 23.5. The molecule has 1 aliphatic rings. The van der Waals surface area contributed by atoms with Crippen LogP contribution in [0.15, 0.2) is 27.9 Å². The molecule has 2 N–H and O–H groups in total. The largest absolute Gasteiger partial charge is 0.379 e. The molecular formula is C19H30IN5OS2. The van der Waals surface area contributed by atoms with E-state index in [1.807, 2.05) is 18.4 Å². The molecule has 2 aromatic heterocycles. The van der Waals surface area contributed by atoms with E-state index in [1.165, 1.54) is 9.88 Å². The molecule has 0 aliphatic carbocycles. The minimum atomic E-state index is 0. The molecule has 0 amide bonds. The topological polar surface area (TPSA) is 61.8 Å². The van der Waals surface area contributed by atoms with Crippen LogP contribution in [-0.4, -0.2) is 62.3 Å². The van der Waals surface area contributed by atoms with E-state index in [-0.39, 0.29) is 24.0 Å². The van der Waals surface area contributed by atoms with Gasteiger partial charge in [0.15, 0.2) is 5.96 Å². The molecule has 1 aliphatic heterocycles. The molecule has 1 saturated heterocycles. The van der Waals surface area contributed by atoms with Crippen molar-refractivity contribution in [2.45, 2.75) is 25.8 Å². The summed E-state index contributed by atoms with van der Waals surface area (Å²) in [6, 6.07) is 4.69. The van der Waals surface area contributed by atoms with Crippen molar-refractivity contribution in [3.63, 3.8) is 0 Å². The Labute approximate surface area is 192 Å². The summed E-state index contributed by atoms with van der Waals surface area (Å²) in [5.74, 6) is 0.843. The van der Waals surface area contributed by atoms with Gasteiger partial charge in [0.25, 0.3) is 0 Å². The maximum atomic E-state index is 5.52. The van der Waals surface area contributed by atoms with Crippen LogP contribution in [0.2, 0.25) is 0 Å². The van der Waals surface area contributed by atoms with Crippen molar-refractivity contribution >= 4 is 52.6 Å². The Bertz CT molecular complexity index is 701. The van der Waals surface area contributed by atoms with Gasteiger partial charge in [-0.3, -0.25) is 9.89 Å². The molecule has 3 rings (SSSR count). The van der Waals surface area contributed by atoms with Gasteiger partial charge in [0.2, 0.25) is 0 Å². The average molecular weight is 536 g/mol. The van der Waals surface area contributed by atoms with E-state index in [0.717, 1.165) is 63.9 Å². The van der Waals surface area contributed by atoms with Crippen LogP contribution in [0.5, 0.6) is 0 Å². The molecular weight excluding hydrogens is 505 g/mol. The number of guanidine groups is 1. The van der Waals surface area contributed by atoms with Crippen molar-refractivity contribution in [2.24, 2.45) is 4.99 Å². The average Bonchev–Trinajstić information content (AvgIpc) is 3.40. The lowest BCUT2D eigenvalue weighted by atomic mass is 10.2. The molecule has 1 unspecified atom stereocenters. The van der Waals surface area contributed by atoms with Gasteiger partial charge in [-0.2, -0.15) is 0 Å². The van der Waals surface area contributed by atoms with Crippen LogP contribution in [-0.2, 0) is 17.6 Å². The predicted molar refractivity (Wildman–Crippen MR) is 129 cm³/mol. The van der Waals surface area contributed by atoms with Gasteiger partial charge in [0.05, 0.1) is 30.0 Å². The van der Waals surface area contributed by atoms with Crippen LogP contribution in [0.1, 0.15) is 28.5 Å². The number of hydrogen-bond acceptors (Lipinski definition) is 6. The first-order valence-electron chi connectivity index (χ1n) is 9.53. The van der Waals surface area contributed by atoms with Gasteiger partial charge < -0.3 is 15.4 Å². The molecule has 3 heterocycles. The lowest BCUT2D eigenvalue weighted by molar-refractivity contribution is 0.0177. The highest BCUT2D eigenvalue weighted by Crippen LogP contribution is 2.25. The summed E-state index contributed by atoms with van der Waals surface area (Å²) in [5.41, 5.74) is 1.16. The molecule has 2 aromatic rings. The zero-order valence-corrected chi connectivity index (χ0v) is 20.5. The van der Waals surface area contributed by atoms with Crippen LogP contribution in [0, 0.1) is 0 Å². The van der Waals surface area contributed by atoms with E-state index in [1.54, 1.807) is 11.3 Å². The second-order valence-electron chi connectivity index (χ2n) is 6.40. The van der Waals surface area contributed by atoms with Crippen molar-refractivity contribution in [1.29, 1.82) is 0 Å². The van der Waals surface area contributed by atoms with Crippen molar-refractivity contribution in [3.8, 4) is 0 Å². The van der Waals surface area contributed by atoms with E-state index in [9.17, 15) is 0 Å². The number of thiazole rings is 1. The van der Waals surface area contributed by atoms with Crippen LogP contribution >= 0.6 is 46.7 Å². The van der Waals surface area contributed by atoms with Crippen LogP contribution in [0.4, 0.5) is 0 Å². The van der Waals surface area contributed by atoms with E-state index in [0.29, 0.717) is 6.04 Å². The Balaban J connectivity index is 0.00000280. The third kappa shape index (κ3) is 6.94. The smallest absolute Gasteiger partial charge is 0.191 e. The molecule has 0 spiro atoms. The van der Waals surface area contributed by atoms with Crippen LogP contribution < -0.4 is 10.6 Å². The molecule has 0 saturated carbocycles. The van der Waals surface area contributed by atoms with Gasteiger partial charge in [0.1, 0.15) is 0 Å².